The van der Waals surface area contributed by atoms with Crippen LogP contribution in [0.1, 0.15) is 72.1 Å². The number of methoxy groups -OCH3 is 1. The highest BCUT2D eigenvalue weighted by atomic mass is 32.1. The lowest BCUT2D eigenvalue weighted by Crippen LogP contribution is -2.24. The van der Waals surface area contributed by atoms with Gasteiger partial charge in [-0.1, -0.05) is 37.1 Å². The van der Waals surface area contributed by atoms with E-state index in [0.717, 1.165) is 65.0 Å². The maximum Gasteiger partial charge on any atom is 0.305 e. The summed E-state index contributed by atoms with van der Waals surface area (Å²) in [5.41, 5.74) is 5.09. The van der Waals surface area contributed by atoms with Gasteiger partial charge in [0, 0.05) is 64.3 Å². The summed E-state index contributed by atoms with van der Waals surface area (Å²) >= 11 is 1.57. The summed E-state index contributed by atoms with van der Waals surface area (Å²) in [5.74, 6) is -0.500. The van der Waals surface area contributed by atoms with E-state index in [9.17, 15) is 4.79 Å². The molecular weight excluding hydrogens is 631 g/mol. The number of nitrogens with zero attached hydrogens (tertiary/aromatic N) is 2. The number of esters is 1. The van der Waals surface area contributed by atoms with Crippen LogP contribution in [0.5, 0.6) is 11.5 Å². The highest BCUT2D eigenvalue weighted by Crippen LogP contribution is 2.40. The van der Waals surface area contributed by atoms with Gasteiger partial charge >= 0.3 is 5.97 Å². The molecule has 3 aromatic heterocycles. The van der Waals surface area contributed by atoms with Crippen molar-refractivity contribution in [3.8, 4) is 22.9 Å². The first-order valence-corrected chi connectivity index (χ1v) is 17.1. The number of nitrogens with one attached hydrogen (secondary N) is 2. The Labute approximate surface area is 281 Å². The zero-order valence-electron chi connectivity index (χ0n) is 26.9. The molecule has 1 aliphatic heterocycles. The lowest BCUT2D eigenvalue weighted by Gasteiger charge is -2.30. The fraction of sp³-hybridized carbons (Fsp3) is 0.289. The lowest BCUT2D eigenvalue weighted by atomic mass is 9.75. The molecule has 10 heteroatoms. The SMILES string of the molecule is COC(=O)CCc1cccc(C2(C)CCCCCc3csc(n3)Cc3c(c(F)cc4[nH]ccc34)Oc3ccc(F)c(c3)-c3ncc2[nH]3)c1. The summed E-state index contributed by atoms with van der Waals surface area (Å²) in [6, 6.07) is 16.0. The normalized spacial score (nSPS) is 16.8. The van der Waals surface area contributed by atoms with Crippen molar-refractivity contribution in [2.75, 3.05) is 7.11 Å². The van der Waals surface area contributed by atoms with Gasteiger partial charge < -0.3 is 19.4 Å². The second-order valence-corrected chi connectivity index (χ2v) is 13.5. The van der Waals surface area contributed by atoms with Crippen molar-refractivity contribution in [3.05, 3.63) is 117 Å². The van der Waals surface area contributed by atoms with E-state index in [-0.39, 0.29) is 23.0 Å². The quantitative estimate of drug-likeness (QED) is 0.183. The zero-order valence-corrected chi connectivity index (χ0v) is 27.7. The highest BCUT2D eigenvalue weighted by molar-refractivity contribution is 7.09. The van der Waals surface area contributed by atoms with Crippen LogP contribution >= 0.6 is 11.3 Å². The van der Waals surface area contributed by atoms with Gasteiger partial charge in [0.05, 0.1) is 23.4 Å². The zero-order chi connectivity index (χ0) is 33.3. The van der Waals surface area contributed by atoms with E-state index >= 15 is 8.78 Å². The fourth-order valence-corrected chi connectivity index (χ4v) is 7.47. The Morgan fingerprint density at radius 2 is 1.98 bits per heavy atom. The number of aromatic amines is 2. The van der Waals surface area contributed by atoms with E-state index in [1.807, 2.05) is 18.2 Å². The van der Waals surface area contributed by atoms with E-state index < -0.39 is 17.0 Å². The molecule has 6 aromatic rings. The number of carbonyl (C=O) groups is 1. The van der Waals surface area contributed by atoms with Crippen LogP contribution in [0.4, 0.5) is 8.78 Å². The maximum atomic E-state index is 15.7. The lowest BCUT2D eigenvalue weighted by molar-refractivity contribution is -0.140. The molecule has 0 fully saturated rings. The van der Waals surface area contributed by atoms with Gasteiger partial charge in [0.15, 0.2) is 11.6 Å². The van der Waals surface area contributed by atoms with Crippen LogP contribution in [-0.4, -0.2) is 33.0 Å². The Morgan fingerprint density at radius 1 is 1.08 bits per heavy atom. The van der Waals surface area contributed by atoms with Crippen molar-refractivity contribution < 1.29 is 23.0 Å². The minimum absolute atomic E-state index is 0.0918. The molecule has 48 heavy (non-hydrogen) atoms. The van der Waals surface area contributed by atoms with Crippen LogP contribution in [0.3, 0.4) is 0 Å². The average Bonchev–Trinajstić information content (AvgIpc) is 3.87. The Morgan fingerprint density at radius 3 is 2.85 bits per heavy atom. The van der Waals surface area contributed by atoms with E-state index in [4.69, 9.17) is 14.5 Å². The molecule has 0 amide bonds. The first-order valence-electron chi connectivity index (χ1n) is 16.2. The number of carbonyl (C=O) groups excluding carboxylic acids is 1. The molecule has 246 valence electrons. The molecule has 0 saturated heterocycles. The topological polar surface area (TPSA) is 92.9 Å². The van der Waals surface area contributed by atoms with Crippen molar-refractivity contribution in [2.45, 2.75) is 63.7 Å². The molecule has 0 aliphatic carbocycles. The van der Waals surface area contributed by atoms with Gasteiger partial charge in [-0.05, 0) is 68.0 Å². The Hall–Kier alpha value is -4.83. The molecule has 4 heterocycles. The smallest absolute Gasteiger partial charge is 0.305 e. The third-order valence-electron chi connectivity index (χ3n) is 9.40. The van der Waals surface area contributed by atoms with E-state index in [0.29, 0.717) is 36.2 Å². The largest absolute Gasteiger partial charge is 0.469 e. The number of rotatable bonds is 4. The first-order chi connectivity index (χ1) is 23.3. The van der Waals surface area contributed by atoms with Crippen LogP contribution in [0, 0.1) is 11.6 Å². The van der Waals surface area contributed by atoms with Crippen LogP contribution in [0.2, 0.25) is 0 Å². The Balaban J connectivity index is 1.30. The van der Waals surface area contributed by atoms with E-state index in [1.165, 1.54) is 25.3 Å². The molecule has 2 N–H and O–H groups in total. The number of ether oxygens (including phenoxy) is 2. The number of benzene rings is 3. The summed E-state index contributed by atoms with van der Waals surface area (Å²) in [6.45, 7) is 2.18. The number of hydrogen-bond acceptors (Lipinski definition) is 6. The summed E-state index contributed by atoms with van der Waals surface area (Å²) < 4.78 is 42.2. The summed E-state index contributed by atoms with van der Waals surface area (Å²) in [6.07, 6.45) is 9.41. The van der Waals surface area contributed by atoms with Crippen LogP contribution in [0.25, 0.3) is 22.3 Å². The molecule has 3 aromatic carbocycles. The standard InChI is InChI=1S/C38H36F2N4O3S/c1-38(24-8-6-7-23(17-24)10-13-35(45)46-2)15-5-3-4-9-25-22-48-34(43-25)19-28-27-14-16-41-32(27)20-31(40)36(28)47-26-11-12-30(39)29(18-26)37-42-21-33(38)44-37/h6-8,11-12,14,16-18,20-22,41H,3-5,9-10,13,15,19H2,1-2H3,(H,42,44). The van der Waals surface area contributed by atoms with Crippen molar-refractivity contribution in [3.63, 3.8) is 0 Å². The summed E-state index contributed by atoms with van der Waals surface area (Å²) in [4.78, 5) is 27.9. The van der Waals surface area contributed by atoms with Gasteiger partial charge in [0.25, 0.3) is 0 Å². The number of H-pyrrole nitrogens is 2. The van der Waals surface area contributed by atoms with E-state index in [1.54, 1.807) is 29.8 Å². The summed E-state index contributed by atoms with van der Waals surface area (Å²) in [7, 11) is 1.40. The van der Waals surface area contributed by atoms with Crippen molar-refractivity contribution in [1.82, 2.24) is 19.9 Å². The molecule has 1 atom stereocenters. The minimum atomic E-state index is -0.515. The molecule has 7 rings (SSSR count). The third-order valence-corrected chi connectivity index (χ3v) is 10.3. The number of halogens is 2. The number of thiazole rings is 1. The minimum Gasteiger partial charge on any atom is -0.469 e. The number of imidazole rings is 1. The van der Waals surface area contributed by atoms with Gasteiger partial charge in [0.1, 0.15) is 17.4 Å². The second-order valence-electron chi connectivity index (χ2n) is 12.6. The van der Waals surface area contributed by atoms with Crippen molar-refractivity contribution >= 4 is 28.2 Å². The molecule has 6 bridgehead atoms. The number of hydrogen-bond donors (Lipinski definition) is 2. The predicted octanol–water partition coefficient (Wildman–Crippen LogP) is 9.20. The predicted molar refractivity (Wildman–Crippen MR) is 183 cm³/mol. The third kappa shape index (κ3) is 6.36. The number of aromatic nitrogens is 4. The maximum absolute atomic E-state index is 15.7. The molecule has 1 aliphatic rings. The van der Waals surface area contributed by atoms with Crippen LogP contribution in [0.15, 0.2) is 72.4 Å². The van der Waals surface area contributed by atoms with E-state index in [2.05, 4.69) is 39.4 Å². The first kappa shape index (κ1) is 31.8. The van der Waals surface area contributed by atoms with Gasteiger partial charge in [-0.3, -0.25) is 4.79 Å². The number of fused-ring (bicyclic) bond motifs is 10. The Kier molecular flexibility index (Phi) is 8.83. The van der Waals surface area contributed by atoms with Crippen molar-refractivity contribution in [2.24, 2.45) is 0 Å². The van der Waals surface area contributed by atoms with Gasteiger partial charge in [-0.15, -0.1) is 11.3 Å². The molecular formula is C38H36F2N4O3S. The molecule has 0 radical (unpaired) electrons. The van der Waals surface area contributed by atoms with Gasteiger partial charge in [-0.2, -0.15) is 0 Å². The molecule has 0 saturated carbocycles. The Bertz CT molecular complexity index is 2100. The summed E-state index contributed by atoms with van der Waals surface area (Å²) in [5, 5.41) is 3.81. The van der Waals surface area contributed by atoms with Crippen molar-refractivity contribution in [1.29, 1.82) is 0 Å². The molecule has 1 unspecified atom stereocenters. The van der Waals surface area contributed by atoms with Crippen LogP contribution in [-0.2, 0) is 34.2 Å². The van der Waals surface area contributed by atoms with Crippen LogP contribution < -0.4 is 4.74 Å². The van der Waals surface area contributed by atoms with Gasteiger partial charge in [-0.25, -0.2) is 18.7 Å². The fourth-order valence-electron chi connectivity index (χ4n) is 6.63. The second kappa shape index (κ2) is 13.4. The molecule has 0 spiro atoms. The van der Waals surface area contributed by atoms with Gasteiger partial charge in [0.2, 0.25) is 0 Å². The molecule has 7 nitrogen and oxygen atoms in total. The highest BCUT2D eigenvalue weighted by Gasteiger charge is 2.31. The average molecular weight is 667 g/mol. The number of aryl methyl sites for hydroxylation is 2. The monoisotopic (exact) mass is 666 g/mol.